The highest BCUT2D eigenvalue weighted by Crippen LogP contribution is 2.19. The summed E-state index contributed by atoms with van der Waals surface area (Å²) in [5, 5.41) is 5.75. The number of carbonyl (C=O) groups excluding carboxylic acids is 1. The van der Waals surface area contributed by atoms with E-state index in [1.165, 1.54) is 18.4 Å². The second kappa shape index (κ2) is 5.71. The number of benzene rings is 1. The van der Waals surface area contributed by atoms with Crippen molar-refractivity contribution in [1.82, 2.24) is 5.32 Å². The van der Waals surface area contributed by atoms with Gasteiger partial charge in [-0.05, 0) is 43.4 Å². The Morgan fingerprint density at radius 1 is 1.29 bits per heavy atom. The van der Waals surface area contributed by atoms with Crippen molar-refractivity contribution in [3.05, 3.63) is 29.8 Å². The van der Waals surface area contributed by atoms with E-state index >= 15 is 0 Å². The van der Waals surface area contributed by atoms with Crippen molar-refractivity contribution in [2.24, 2.45) is 0 Å². The van der Waals surface area contributed by atoms with Crippen molar-refractivity contribution in [3.8, 4) is 0 Å². The van der Waals surface area contributed by atoms with Gasteiger partial charge in [-0.1, -0.05) is 25.5 Å². The van der Waals surface area contributed by atoms with Crippen LogP contribution < -0.4 is 10.6 Å². The molecular weight excluding hydrogens is 212 g/mol. The van der Waals surface area contributed by atoms with Crippen molar-refractivity contribution in [2.45, 2.75) is 45.1 Å². The molecule has 3 heteroatoms. The van der Waals surface area contributed by atoms with E-state index in [1.54, 1.807) is 0 Å². The lowest BCUT2D eigenvalue weighted by Gasteiger charge is -2.07. The number of amides is 2. The van der Waals surface area contributed by atoms with E-state index in [9.17, 15) is 4.79 Å². The third kappa shape index (κ3) is 4.10. The van der Waals surface area contributed by atoms with Gasteiger partial charge in [0.25, 0.3) is 0 Å². The standard InChI is InChI=1S/C14H20N2O/c1-2-3-4-11-5-7-12(8-6-11)15-14(17)16-13-9-10-13/h5-8,13H,2-4,9-10H2,1H3,(H2,15,16,17). The molecule has 1 aliphatic rings. The number of carbonyl (C=O) groups is 1. The highest BCUT2D eigenvalue weighted by molar-refractivity contribution is 5.89. The average Bonchev–Trinajstić information content (AvgIpc) is 3.12. The molecule has 1 aliphatic carbocycles. The van der Waals surface area contributed by atoms with E-state index in [1.807, 2.05) is 12.1 Å². The Bertz CT molecular complexity index is 368. The van der Waals surface area contributed by atoms with E-state index in [0.29, 0.717) is 6.04 Å². The van der Waals surface area contributed by atoms with E-state index < -0.39 is 0 Å². The molecule has 3 nitrogen and oxygen atoms in total. The van der Waals surface area contributed by atoms with Gasteiger partial charge in [0.1, 0.15) is 0 Å². The fraction of sp³-hybridized carbons (Fsp3) is 0.500. The number of anilines is 1. The van der Waals surface area contributed by atoms with Crippen LogP contribution in [0.1, 0.15) is 38.2 Å². The van der Waals surface area contributed by atoms with E-state index in [4.69, 9.17) is 0 Å². The first-order valence-corrected chi connectivity index (χ1v) is 6.44. The molecule has 1 aromatic carbocycles. The van der Waals surface area contributed by atoms with E-state index in [0.717, 1.165) is 24.9 Å². The number of unbranched alkanes of at least 4 members (excludes halogenated alkanes) is 1. The lowest BCUT2D eigenvalue weighted by Crippen LogP contribution is -2.30. The maximum absolute atomic E-state index is 11.5. The summed E-state index contributed by atoms with van der Waals surface area (Å²) in [6.07, 6.45) is 5.77. The summed E-state index contributed by atoms with van der Waals surface area (Å²) >= 11 is 0. The van der Waals surface area contributed by atoms with Crippen LogP contribution in [0.2, 0.25) is 0 Å². The van der Waals surface area contributed by atoms with Crippen LogP contribution in [-0.2, 0) is 6.42 Å². The van der Waals surface area contributed by atoms with Crippen molar-refractivity contribution < 1.29 is 4.79 Å². The molecular formula is C14H20N2O. The maximum Gasteiger partial charge on any atom is 0.319 e. The minimum Gasteiger partial charge on any atom is -0.335 e. The maximum atomic E-state index is 11.5. The Balaban J connectivity index is 1.81. The van der Waals surface area contributed by atoms with Crippen LogP contribution in [0.5, 0.6) is 0 Å². The van der Waals surface area contributed by atoms with Gasteiger partial charge >= 0.3 is 6.03 Å². The van der Waals surface area contributed by atoms with Crippen molar-refractivity contribution in [1.29, 1.82) is 0 Å². The summed E-state index contributed by atoms with van der Waals surface area (Å²) in [6.45, 7) is 2.19. The topological polar surface area (TPSA) is 41.1 Å². The number of aryl methyl sites for hydroxylation is 1. The van der Waals surface area contributed by atoms with Gasteiger partial charge in [-0.25, -0.2) is 4.79 Å². The quantitative estimate of drug-likeness (QED) is 0.803. The molecule has 2 amide bonds. The largest absolute Gasteiger partial charge is 0.335 e. The minimum absolute atomic E-state index is 0.0891. The molecule has 0 aliphatic heterocycles. The number of hydrogen-bond donors (Lipinski definition) is 2. The Kier molecular flexibility index (Phi) is 4.02. The SMILES string of the molecule is CCCCc1ccc(NC(=O)NC2CC2)cc1. The first-order chi connectivity index (χ1) is 8.28. The van der Waals surface area contributed by atoms with E-state index in [-0.39, 0.29) is 6.03 Å². The fourth-order valence-corrected chi connectivity index (χ4v) is 1.72. The fourth-order valence-electron chi connectivity index (χ4n) is 1.72. The van der Waals surface area contributed by atoms with Crippen LogP contribution >= 0.6 is 0 Å². The summed E-state index contributed by atoms with van der Waals surface area (Å²) < 4.78 is 0. The zero-order valence-electron chi connectivity index (χ0n) is 10.3. The Labute approximate surface area is 103 Å². The van der Waals surface area contributed by atoms with Gasteiger partial charge in [0.2, 0.25) is 0 Å². The van der Waals surface area contributed by atoms with Crippen LogP contribution in [0.3, 0.4) is 0 Å². The third-order valence-corrected chi connectivity index (χ3v) is 2.94. The summed E-state index contributed by atoms with van der Waals surface area (Å²) in [5.41, 5.74) is 2.20. The van der Waals surface area contributed by atoms with Crippen LogP contribution in [0.15, 0.2) is 24.3 Å². The Morgan fingerprint density at radius 2 is 2.00 bits per heavy atom. The molecule has 0 bridgehead atoms. The molecule has 2 N–H and O–H groups in total. The van der Waals surface area contributed by atoms with Crippen LogP contribution in [-0.4, -0.2) is 12.1 Å². The van der Waals surface area contributed by atoms with Crippen molar-refractivity contribution in [2.75, 3.05) is 5.32 Å². The third-order valence-electron chi connectivity index (χ3n) is 2.94. The first kappa shape index (κ1) is 12.0. The summed E-state index contributed by atoms with van der Waals surface area (Å²) in [6, 6.07) is 8.42. The Hall–Kier alpha value is -1.51. The van der Waals surface area contributed by atoms with Crippen LogP contribution in [0.4, 0.5) is 10.5 Å². The minimum atomic E-state index is -0.0891. The molecule has 1 saturated carbocycles. The highest BCUT2D eigenvalue weighted by atomic mass is 16.2. The monoisotopic (exact) mass is 232 g/mol. The second-order valence-electron chi connectivity index (χ2n) is 4.67. The normalized spacial score (nSPS) is 14.4. The van der Waals surface area contributed by atoms with Crippen molar-refractivity contribution in [3.63, 3.8) is 0 Å². The predicted octanol–water partition coefficient (Wildman–Crippen LogP) is 3.31. The van der Waals surface area contributed by atoms with Gasteiger partial charge in [0.15, 0.2) is 0 Å². The summed E-state index contributed by atoms with van der Waals surface area (Å²) in [7, 11) is 0. The number of urea groups is 1. The number of hydrogen-bond acceptors (Lipinski definition) is 1. The van der Waals surface area contributed by atoms with Gasteiger partial charge < -0.3 is 10.6 Å². The molecule has 17 heavy (non-hydrogen) atoms. The summed E-state index contributed by atoms with van der Waals surface area (Å²) in [4.78, 5) is 11.5. The van der Waals surface area contributed by atoms with Gasteiger partial charge in [-0.2, -0.15) is 0 Å². The second-order valence-corrected chi connectivity index (χ2v) is 4.67. The molecule has 0 spiro atoms. The van der Waals surface area contributed by atoms with E-state index in [2.05, 4.69) is 29.7 Å². The zero-order chi connectivity index (χ0) is 12.1. The van der Waals surface area contributed by atoms with Crippen LogP contribution in [0, 0.1) is 0 Å². The molecule has 0 saturated heterocycles. The van der Waals surface area contributed by atoms with Crippen LogP contribution in [0.25, 0.3) is 0 Å². The van der Waals surface area contributed by atoms with Gasteiger partial charge in [-0.15, -0.1) is 0 Å². The van der Waals surface area contributed by atoms with Gasteiger partial charge in [0, 0.05) is 11.7 Å². The molecule has 92 valence electrons. The molecule has 1 fully saturated rings. The molecule has 0 aromatic heterocycles. The molecule has 0 unspecified atom stereocenters. The summed E-state index contributed by atoms with van der Waals surface area (Å²) in [5.74, 6) is 0. The number of rotatable bonds is 5. The predicted molar refractivity (Wildman–Crippen MR) is 70.2 cm³/mol. The zero-order valence-corrected chi connectivity index (χ0v) is 10.3. The van der Waals surface area contributed by atoms with Gasteiger partial charge in [0.05, 0.1) is 0 Å². The lowest BCUT2D eigenvalue weighted by molar-refractivity contribution is 0.251. The van der Waals surface area contributed by atoms with Gasteiger partial charge in [-0.3, -0.25) is 0 Å². The lowest BCUT2D eigenvalue weighted by atomic mass is 10.1. The van der Waals surface area contributed by atoms with Crippen molar-refractivity contribution >= 4 is 11.7 Å². The smallest absolute Gasteiger partial charge is 0.319 e. The molecule has 0 radical (unpaired) electrons. The molecule has 1 aromatic rings. The molecule has 2 rings (SSSR count). The first-order valence-electron chi connectivity index (χ1n) is 6.44. The highest BCUT2D eigenvalue weighted by Gasteiger charge is 2.22. The number of nitrogens with one attached hydrogen (secondary N) is 2. The molecule has 0 atom stereocenters. The average molecular weight is 232 g/mol. The molecule has 0 heterocycles. The Morgan fingerprint density at radius 3 is 2.59 bits per heavy atom.